The molecule has 1 fully saturated rings. The molecule has 0 aromatic carbocycles. The smallest absolute Gasteiger partial charge is 0.297 e. The van der Waals surface area contributed by atoms with Crippen LogP contribution >= 0.6 is 18.2 Å². The average Bonchev–Trinajstić information content (AvgIpc) is 2.18. The van der Waals surface area contributed by atoms with E-state index in [1.165, 1.54) is 0 Å². The predicted molar refractivity (Wildman–Crippen MR) is 52.1 cm³/mol. The van der Waals surface area contributed by atoms with Crippen LogP contribution in [-0.4, -0.2) is 11.6 Å². The molecule has 1 aliphatic rings. The number of hydrogen-bond donors (Lipinski definition) is 0. The molecule has 0 N–H and O–H groups in total. The number of nitrogens with zero attached hydrogens (tertiary/aromatic N) is 1. The van der Waals surface area contributed by atoms with Gasteiger partial charge in [0.1, 0.15) is 0 Å². The number of halogens is 1. The first kappa shape index (κ1) is 10.1. The molecule has 1 aliphatic heterocycles. The van der Waals surface area contributed by atoms with Crippen LogP contribution in [-0.2, 0) is 13.6 Å². The Kier molecular flexibility index (Phi) is 2.88. The number of rotatable bonds is 1. The van der Waals surface area contributed by atoms with Gasteiger partial charge in [-0.1, -0.05) is 0 Å². The second kappa shape index (κ2) is 3.99. The molecule has 0 bridgehead atoms. The fraction of sp³-hybridized carbons (Fsp3) is 0.375. The highest BCUT2D eigenvalue weighted by Crippen LogP contribution is 2.59. The maximum absolute atomic E-state index is 11.3. The van der Waals surface area contributed by atoms with Crippen molar-refractivity contribution in [2.45, 2.75) is 12.5 Å². The second-order valence-electron chi connectivity index (χ2n) is 2.93. The third-order valence-electron chi connectivity index (χ3n) is 1.96. The highest BCUT2D eigenvalue weighted by molar-refractivity contribution is 7.81. The van der Waals surface area contributed by atoms with Crippen LogP contribution in [0.1, 0.15) is 18.1 Å². The van der Waals surface area contributed by atoms with E-state index in [0.717, 1.165) is 5.56 Å². The van der Waals surface area contributed by atoms with E-state index in [0.29, 0.717) is 13.0 Å². The van der Waals surface area contributed by atoms with Gasteiger partial charge in [0.2, 0.25) is 0 Å². The molecule has 6 heteroatoms. The molecule has 14 heavy (non-hydrogen) atoms. The minimum Gasteiger partial charge on any atom is -0.297 e. The molecule has 2 atom stereocenters. The van der Waals surface area contributed by atoms with Crippen LogP contribution in [0.15, 0.2) is 24.5 Å². The van der Waals surface area contributed by atoms with Gasteiger partial charge >= 0.3 is 6.95 Å². The van der Waals surface area contributed by atoms with Crippen LogP contribution in [0.3, 0.4) is 0 Å². The lowest BCUT2D eigenvalue weighted by Gasteiger charge is -2.25. The monoisotopic (exact) mass is 233 g/mol. The van der Waals surface area contributed by atoms with Crippen molar-refractivity contribution in [2.24, 2.45) is 0 Å². The normalized spacial score (nSPS) is 32.8. The van der Waals surface area contributed by atoms with E-state index in [9.17, 15) is 4.57 Å². The summed E-state index contributed by atoms with van der Waals surface area (Å²) in [5, 5.41) is 0. The summed E-state index contributed by atoms with van der Waals surface area (Å²) in [5.41, 5.74) is 0.921. The summed E-state index contributed by atoms with van der Waals surface area (Å²) in [6.45, 7) is -3.00. The fourth-order valence-electron chi connectivity index (χ4n) is 1.31. The largest absolute Gasteiger partial charge is 0.424 e. The summed E-state index contributed by atoms with van der Waals surface area (Å²) in [7, 11) is 0. The molecular weight excluding hydrogens is 225 g/mol. The van der Waals surface area contributed by atoms with Crippen LogP contribution in [0.25, 0.3) is 0 Å². The molecule has 0 radical (unpaired) electrons. The molecule has 0 aliphatic carbocycles. The molecule has 0 spiro atoms. The maximum atomic E-state index is 11.3. The maximum Gasteiger partial charge on any atom is 0.424 e. The van der Waals surface area contributed by atoms with Gasteiger partial charge in [-0.3, -0.25) is 14.0 Å². The van der Waals surface area contributed by atoms with Crippen LogP contribution in [0.2, 0.25) is 0 Å². The minimum atomic E-state index is -3.36. The lowest BCUT2D eigenvalue weighted by Crippen LogP contribution is -2.11. The molecule has 1 saturated heterocycles. The Labute approximate surface area is 86.5 Å². The summed E-state index contributed by atoms with van der Waals surface area (Å²) in [6, 6.07) is 3.62. The first-order valence-electron chi connectivity index (χ1n) is 4.20. The van der Waals surface area contributed by atoms with E-state index in [4.69, 9.17) is 20.3 Å². The van der Waals surface area contributed by atoms with Gasteiger partial charge in [-0.05, 0) is 17.7 Å². The van der Waals surface area contributed by atoms with E-state index in [-0.39, 0.29) is 6.10 Å². The third kappa shape index (κ3) is 2.34. The van der Waals surface area contributed by atoms with Crippen molar-refractivity contribution in [2.75, 3.05) is 6.61 Å². The topological polar surface area (TPSA) is 48.4 Å². The van der Waals surface area contributed by atoms with Gasteiger partial charge in [0.15, 0.2) is 0 Å². The number of hydrogen-bond acceptors (Lipinski definition) is 4. The zero-order valence-electron chi connectivity index (χ0n) is 7.30. The van der Waals surface area contributed by atoms with Crippen molar-refractivity contribution in [1.82, 2.24) is 4.98 Å². The Morgan fingerprint density at radius 1 is 1.50 bits per heavy atom. The Morgan fingerprint density at radius 2 is 2.21 bits per heavy atom. The summed E-state index contributed by atoms with van der Waals surface area (Å²) >= 11 is 5.51. The molecule has 2 rings (SSSR count). The standard InChI is InChI=1S/C8H9ClNO3P/c9-14(11)12-6-3-8(13-14)7-1-4-10-5-2-7/h1-2,4-5,8H,3,6H2/t8-,14?/m0/s1. The molecule has 0 amide bonds. The van der Waals surface area contributed by atoms with E-state index in [1.54, 1.807) is 12.4 Å². The van der Waals surface area contributed by atoms with Gasteiger partial charge in [0, 0.05) is 30.1 Å². The molecular formula is C8H9ClNO3P. The molecule has 1 aromatic heterocycles. The van der Waals surface area contributed by atoms with Gasteiger partial charge in [-0.25, -0.2) is 4.57 Å². The molecule has 0 saturated carbocycles. The summed E-state index contributed by atoms with van der Waals surface area (Å²) in [4.78, 5) is 3.89. The van der Waals surface area contributed by atoms with Crippen LogP contribution in [0, 0.1) is 0 Å². The minimum absolute atomic E-state index is 0.255. The van der Waals surface area contributed by atoms with E-state index >= 15 is 0 Å². The van der Waals surface area contributed by atoms with Gasteiger partial charge in [-0.2, -0.15) is 0 Å². The van der Waals surface area contributed by atoms with Gasteiger partial charge in [-0.15, -0.1) is 0 Å². The van der Waals surface area contributed by atoms with Crippen LogP contribution < -0.4 is 0 Å². The van der Waals surface area contributed by atoms with E-state index in [2.05, 4.69) is 4.98 Å². The van der Waals surface area contributed by atoms with Crippen molar-refractivity contribution in [3.8, 4) is 0 Å². The first-order chi connectivity index (χ1) is 6.67. The van der Waals surface area contributed by atoms with Gasteiger partial charge in [0.25, 0.3) is 0 Å². The molecule has 1 aromatic rings. The summed E-state index contributed by atoms with van der Waals surface area (Å²) < 4.78 is 21.3. The lowest BCUT2D eigenvalue weighted by atomic mass is 10.1. The Balaban J connectivity index is 2.16. The Bertz CT molecular complexity index is 359. The van der Waals surface area contributed by atoms with Crippen LogP contribution in [0.5, 0.6) is 0 Å². The van der Waals surface area contributed by atoms with Crippen LogP contribution in [0.4, 0.5) is 0 Å². The Morgan fingerprint density at radius 3 is 2.86 bits per heavy atom. The first-order valence-corrected chi connectivity index (χ1v) is 6.65. The van der Waals surface area contributed by atoms with E-state index < -0.39 is 6.95 Å². The Hall–Kier alpha value is -0.410. The zero-order valence-corrected chi connectivity index (χ0v) is 8.95. The number of pyridine rings is 1. The summed E-state index contributed by atoms with van der Waals surface area (Å²) in [6.07, 6.45) is 3.72. The highest BCUT2D eigenvalue weighted by Gasteiger charge is 2.32. The SMILES string of the molecule is O=P1(Cl)OCC[C@@H](c2ccncc2)O1. The summed E-state index contributed by atoms with van der Waals surface area (Å²) in [5.74, 6) is 0. The van der Waals surface area contributed by atoms with E-state index in [1.807, 2.05) is 12.1 Å². The quantitative estimate of drug-likeness (QED) is 0.700. The zero-order chi connectivity index (χ0) is 10.0. The van der Waals surface area contributed by atoms with Crippen molar-refractivity contribution in [3.05, 3.63) is 30.1 Å². The highest BCUT2D eigenvalue weighted by atomic mass is 35.7. The molecule has 1 unspecified atom stereocenters. The van der Waals surface area contributed by atoms with Gasteiger partial charge in [0.05, 0.1) is 12.7 Å². The van der Waals surface area contributed by atoms with Crippen molar-refractivity contribution < 1.29 is 13.6 Å². The van der Waals surface area contributed by atoms with Crippen molar-refractivity contribution in [3.63, 3.8) is 0 Å². The average molecular weight is 234 g/mol. The molecule has 76 valence electrons. The van der Waals surface area contributed by atoms with Crippen molar-refractivity contribution >= 4 is 18.2 Å². The fourth-order valence-corrected chi connectivity index (χ4v) is 2.72. The third-order valence-corrected chi connectivity index (χ3v) is 3.49. The second-order valence-corrected chi connectivity index (χ2v) is 5.50. The number of aromatic nitrogens is 1. The predicted octanol–water partition coefficient (Wildman–Crippen LogP) is 2.91. The lowest BCUT2D eigenvalue weighted by molar-refractivity contribution is 0.0912. The van der Waals surface area contributed by atoms with Crippen molar-refractivity contribution in [1.29, 1.82) is 0 Å². The van der Waals surface area contributed by atoms with Gasteiger partial charge < -0.3 is 0 Å². The molecule has 2 heterocycles. The molecule has 4 nitrogen and oxygen atoms in total.